The number of nitrogens with zero attached hydrogens (tertiary/aromatic N) is 1. The molecule has 0 saturated heterocycles. The third kappa shape index (κ3) is 5.79. The summed E-state index contributed by atoms with van der Waals surface area (Å²) < 4.78 is 0. The first kappa shape index (κ1) is 14.1. The average Bonchev–Trinajstić information content (AvgIpc) is 2.81. The first-order valence-electron chi connectivity index (χ1n) is 6.08. The number of nitrogens with one attached hydrogen (secondary N) is 1. The molecule has 1 atom stereocenters. The molecule has 0 amide bonds. The topological polar surface area (TPSA) is 62.2 Å². The second-order valence-corrected chi connectivity index (χ2v) is 4.92. The van der Waals surface area contributed by atoms with Crippen LogP contribution in [0.25, 0.3) is 0 Å². The van der Waals surface area contributed by atoms with E-state index < -0.39 is 5.97 Å². The number of carboxylic acids is 1. The lowest BCUT2D eigenvalue weighted by atomic mass is 10.2. The summed E-state index contributed by atoms with van der Waals surface area (Å²) in [6.45, 7) is 3.07. The Hall–Kier alpha value is -0.940. The number of carboxylic acid groups (broad SMARTS) is 1. The van der Waals surface area contributed by atoms with Crippen LogP contribution in [0.3, 0.4) is 0 Å². The Kier molecular flexibility index (Phi) is 6.81. The summed E-state index contributed by atoms with van der Waals surface area (Å²) in [7, 11) is 0. The zero-order valence-corrected chi connectivity index (χ0v) is 11.0. The van der Waals surface area contributed by atoms with Crippen LogP contribution < -0.4 is 5.32 Å². The molecule has 4 nitrogen and oxygen atoms in total. The van der Waals surface area contributed by atoms with E-state index >= 15 is 0 Å². The maximum Gasteiger partial charge on any atom is 0.303 e. The molecule has 0 fully saturated rings. The molecule has 2 N–H and O–H groups in total. The Morgan fingerprint density at radius 3 is 2.94 bits per heavy atom. The first-order valence-corrected chi connectivity index (χ1v) is 6.96. The van der Waals surface area contributed by atoms with Crippen LogP contribution in [-0.4, -0.2) is 22.6 Å². The van der Waals surface area contributed by atoms with E-state index in [9.17, 15) is 4.79 Å². The van der Waals surface area contributed by atoms with Gasteiger partial charge in [-0.2, -0.15) is 0 Å². The zero-order valence-electron chi connectivity index (χ0n) is 10.2. The normalized spacial score (nSPS) is 12.5. The number of rotatable bonds is 9. The van der Waals surface area contributed by atoms with Crippen molar-refractivity contribution in [2.75, 3.05) is 6.54 Å². The van der Waals surface area contributed by atoms with E-state index in [0.717, 1.165) is 37.2 Å². The van der Waals surface area contributed by atoms with Gasteiger partial charge in [0, 0.05) is 18.0 Å². The van der Waals surface area contributed by atoms with Gasteiger partial charge in [-0.25, -0.2) is 4.98 Å². The Morgan fingerprint density at radius 1 is 1.53 bits per heavy atom. The predicted molar refractivity (Wildman–Crippen MR) is 69.3 cm³/mol. The van der Waals surface area contributed by atoms with Gasteiger partial charge in [0.1, 0.15) is 5.01 Å². The van der Waals surface area contributed by atoms with Gasteiger partial charge in [0.2, 0.25) is 0 Å². The van der Waals surface area contributed by atoms with Crippen LogP contribution in [0.2, 0.25) is 0 Å². The van der Waals surface area contributed by atoms with Crippen LogP contribution in [0.1, 0.15) is 50.1 Å². The Bertz CT molecular complexity index is 314. The van der Waals surface area contributed by atoms with Crippen molar-refractivity contribution in [3.05, 3.63) is 16.6 Å². The maximum absolute atomic E-state index is 10.3. The number of aromatic nitrogens is 1. The van der Waals surface area contributed by atoms with Gasteiger partial charge >= 0.3 is 5.97 Å². The molecular formula is C12H20N2O2S. The van der Waals surface area contributed by atoms with Crippen LogP contribution in [-0.2, 0) is 4.79 Å². The highest BCUT2D eigenvalue weighted by Crippen LogP contribution is 2.18. The van der Waals surface area contributed by atoms with Crippen LogP contribution in [0.4, 0.5) is 0 Å². The van der Waals surface area contributed by atoms with Gasteiger partial charge in [-0.05, 0) is 25.8 Å². The monoisotopic (exact) mass is 256 g/mol. The van der Waals surface area contributed by atoms with Gasteiger partial charge in [-0.1, -0.05) is 13.3 Å². The third-order valence-electron chi connectivity index (χ3n) is 2.62. The molecule has 0 aliphatic carbocycles. The van der Waals surface area contributed by atoms with E-state index in [4.69, 9.17) is 5.11 Å². The van der Waals surface area contributed by atoms with Crippen molar-refractivity contribution in [1.82, 2.24) is 10.3 Å². The number of hydrogen-bond donors (Lipinski definition) is 2. The molecule has 1 heterocycles. The van der Waals surface area contributed by atoms with Crippen molar-refractivity contribution in [3.8, 4) is 0 Å². The molecule has 1 aromatic rings. The minimum atomic E-state index is -0.702. The molecule has 96 valence electrons. The average molecular weight is 256 g/mol. The fourth-order valence-electron chi connectivity index (χ4n) is 1.67. The summed E-state index contributed by atoms with van der Waals surface area (Å²) in [5, 5.41) is 15.1. The summed E-state index contributed by atoms with van der Waals surface area (Å²) in [4.78, 5) is 14.6. The molecule has 1 unspecified atom stereocenters. The van der Waals surface area contributed by atoms with Crippen molar-refractivity contribution in [2.45, 2.75) is 45.1 Å². The standard InChI is InChI=1S/C12H20N2O2S/c1-2-10(12-14-8-9-17-12)13-7-5-3-4-6-11(15)16/h8-10,13H,2-7H2,1H3,(H,15,16). The summed E-state index contributed by atoms with van der Waals surface area (Å²) in [5.74, 6) is -0.702. The van der Waals surface area contributed by atoms with E-state index in [-0.39, 0.29) is 6.42 Å². The zero-order chi connectivity index (χ0) is 12.5. The van der Waals surface area contributed by atoms with E-state index in [1.165, 1.54) is 0 Å². The highest BCUT2D eigenvalue weighted by molar-refractivity contribution is 7.09. The molecule has 0 bridgehead atoms. The minimum absolute atomic E-state index is 0.281. The van der Waals surface area contributed by atoms with Gasteiger partial charge in [0.25, 0.3) is 0 Å². The maximum atomic E-state index is 10.3. The van der Waals surface area contributed by atoms with Crippen molar-refractivity contribution < 1.29 is 9.90 Å². The Labute approximate surface area is 106 Å². The van der Waals surface area contributed by atoms with E-state index in [0.29, 0.717) is 6.04 Å². The lowest BCUT2D eigenvalue weighted by molar-refractivity contribution is -0.137. The number of unbranched alkanes of at least 4 members (excludes halogenated alkanes) is 2. The quantitative estimate of drug-likeness (QED) is 0.667. The molecular weight excluding hydrogens is 236 g/mol. The molecule has 0 spiro atoms. The van der Waals surface area contributed by atoms with Gasteiger partial charge < -0.3 is 10.4 Å². The lowest BCUT2D eigenvalue weighted by Crippen LogP contribution is -2.21. The highest BCUT2D eigenvalue weighted by atomic mass is 32.1. The fourth-order valence-corrected chi connectivity index (χ4v) is 2.46. The highest BCUT2D eigenvalue weighted by Gasteiger charge is 2.10. The van der Waals surface area contributed by atoms with Crippen molar-refractivity contribution in [1.29, 1.82) is 0 Å². The fraction of sp³-hybridized carbons (Fsp3) is 0.667. The third-order valence-corrected chi connectivity index (χ3v) is 3.51. The van der Waals surface area contributed by atoms with Crippen molar-refractivity contribution >= 4 is 17.3 Å². The Morgan fingerprint density at radius 2 is 2.35 bits per heavy atom. The number of hydrogen-bond acceptors (Lipinski definition) is 4. The predicted octanol–water partition coefficient (Wildman–Crippen LogP) is 2.83. The Balaban J connectivity index is 2.10. The second-order valence-electron chi connectivity index (χ2n) is 3.99. The SMILES string of the molecule is CCC(NCCCCCC(=O)O)c1nccs1. The summed E-state index contributed by atoms with van der Waals surface area (Å²) >= 11 is 1.68. The molecule has 1 rings (SSSR count). The molecule has 0 saturated carbocycles. The second kappa shape index (κ2) is 8.20. The van der Waals surface area contributed by atoms with E-state index in [1.807, 2.05) is 11.6 Å². The van der Waals surface area contributed by atoms with Crippen LogP contribution in [0.15, 0.2) is 11.6 Å². The lowest BCUT2D eigenvalue weighted by Gasteiger charge is -2.13. The number of aliphatic carboxylic acids is 1. The molecule has 0 radical (unpaired) electrons. The van der Waals surface area contributed by atoms with Crippen molar-refractivity contribution in [3.63, 3.8) is 0 Å². The van der Waals surface area contributed by atoms with Crippen LogP contribution in [0.5, 0.6) is 0 Å². The summed E-state index contributed by atoms with van der Waals surface area (Å²) in [5.41, 5.74) is 0. The molecule has 0 aromatic carbocycles. The molecule has 5 heteroatoms. The first-order chi connectivity index (χ1) is 8.24. The number of carbonyl (C=O) groups is 1. The summed E-state index contributed by atoms with van der Waals surface area (Å²) in [6, 6.07) is 0.342. The van der Waals surface area contributed by atoms with Gasteiger partial charge in [-0.15, -0.1) is 11.3 Å². The van der Waals surface area contributed by atoms with Gasteiger partial charge in [-0.3, -0.25) is 4.79 Å². The van der Waals surface area contributed by atoms with E-state index in [1.54, 1.807) is 11.3 Å². The molecule has 0 aliphatic rings. The van der Waals surface area contributed by atoms with Gasteiger partial charge in [0.05, 0.1) is 6.04 Å². The van der Waals surface area contributed by atoms with Crippen molar-refractivity contribution in [2.24, 2.45) is 0 Å². The van der Waals surface area contributed by atoms with Crippen LogP contribution >= 0.6 is 11.3 Å². The van der Waals surface area contributed by atoms with Gasteiger partial charge in [0.15, 0.2) is 0 Å². The van der Waals surface area contributed by atoms with E-state index in [2.05, 4.69) is 17.2 Å². The molecule has 0 aliphatic heterocycles. The van der Waals surface area contributed by atoms with Crippen LogP contribution in [0, 0.1) is 0 Å². The largest absolute Gasteiger partial charge is 0.481 e. The summed E-state index contributed by atoms with van der Waals surface area (Å²) in [6.07, 6.45) is 5.90. The smallest absolute Gasteiger partial charge is 0.303 e. The minimum Gasteiger partial charge on any atom is -0.481 e. The number of thiazole rings is 1. The molecule has 1 aromatic heterocycles. The molecule has 17 heavy (non-hydrogen) atoms.